The molecule has 0 aliphatic heterocycles. The van der Waals surface area contributed by atoms with Crippen LogP contribution in [-0.4, -0.2) is 12.2 Å². The fourth-order valence-electron chi connectivity index (χ4n) is 1.52. The van der Waals surface area contributed by atoms with E-state index in [0.717, 1.165) is 11.1 Å². The molecule has 0 bridgehead atoms. The van der Waals surface area contributed by atoms with E-state index in [2.05, 4.69) is 0 Å². The minimum atomic E-state index is -0.668. The van der Waals surface area contributed by atoms with Crippen LogP contribution < -0.4 is 4.74 Å². The minimum Gasteiger partial charge on any atom is -0.496 e. The Morgan fingerprint density at radius 2 is 2.19 bits per heavy atom. The summed E-state index contributed by atoms with van der Waals surface area (Å²) in [6, 6.07) is 7.12. The first kappa shape index (κ1) is 11.5. The van der Waals surface area contributed by atoms with Crippen molar-refractivity contribution in [2.45, 2.75) is 6.10 Å². The van der Waals surface area contributed by atoms with Crippen molar-refractivity contribution in [3.63, 3.8) is 0 Å². The zero-order chi connectivity index (χ0) is 11.5. The maximum atomic E-state index is 10.2. The lowest BCUT2D eigenvalue weighted by Gasteiger charge is -2.13. The fourth-order valence-corrected chi connectivity index (χ4v) is 2.36. The summed E-state index contributed by atoms with van der Waals surface area (Å²) in [5.41, 5.74) is 1.59. The first-order valence-corrected chi connectivity index (χ1v) is 6.08. The van der Waals surface area contributed by atoms with Crippen LogP contribution >= 0.6 is 22.9 Å². The maximum absolute atomic E-state index is 10.2. The Hall–Kier alpha value is -1.03. The van der Waals surface area contributed by atoms with Gasteiger partial charge in [0, 0.05) is 10.6 Å². The number of ether oxygens (including phenoxy) is 1. The largest absolute Gasteiger partial charge is 0.496 e. The molecule has 0 saturated carbocycles. The minimum absolute atomic E-state index is 0.595. The average Bonchev–Trinajstić information content (AvgIpc) is 2.81. The number of hydrogen-bond acceptors (Lipinski definition) is 3. The van der Waals surface area contributed by atoms with Gasteiger partial charge in [-0.1, -0.05) is 17.7 Å². The Balaban J connectivity index is 2.40. The predicted molar refractivity (Wildman–Crippen MR) is 66.4 cm³/mol. The molecule has 4 heteroatoms. The summed E-state index contributed by atoms with van der Waals surface area (Å²) in [6.45, 7) is 0. The summed E-state index contributed by atoms with van der Waals surface area (Å²) in [5.74, 6) is 0.603. The number of halogens is 1. The predicted octanol–water partition coefficient (Wildman–Crippen LogP) is 3.49. The molecule has 0 amide bonds. The van der Waals surface area contributed by atoms with Crippen LogP contribution in [0, 0.1) is 0 Å². The molecular formula is C12H11ClO2S. The van der Waals surface area contributed by atoms with Crippen LogP contribution in [0.15, 0.2) is 35.0 Å². The summed E-state index contributed by atoms with van der Waals surface area (Å²) in [5, 5.41) is 14.6. The molecule has 1 N–H and O–H groups in total. The number of benzene rings is 1. The SMILES string of the molecule is COc1cc(Cl)ccc1C(O)c1ccsc1. The Bertz CT molecular complexity index is 468. The third-order valence-electron chi connectivity index (χ3n) is 2.35. The van der Waals surface area contributed by atoms with Crippen molar-refractivity contribution in [3.05, 3.63) is 51.2 Å². The van der Waals surface area contributed by atoms with Gasteiger partial charge >= 0.3 is 0 Å². The van der Waals surface area contributed by atoms with Gasteiger partial charge in [-0.25, -0.2) is 0 Å². The van der Waals surface area contributed by atoms with E-state index in [4.69, 9.17) is 16.3 Å². The second-order valence-corrected chi connectivity index (χ2v) is 4.56. The van der Waals surface area contributed by atoms with Gasteiger partial charge in [0.25, 0.3) is 0 Å². The quantitative estimate of drug-likeness (QED) is 0.909. The molecule has 1 unspecified atom stereocenters. The van der Waals surface area contributed by atoms with Crippen LogP contribution in [0.4, 0.5) is 0 Å². The van der Waals surface area contributed by atoms with E-state index in [9.17, 15) is 5.11 Å². The lowest BCUT2D eigenvalue weighted by molar-refractivity contribution is 0.215. The Morgan fingerprint density at radius 1 is 1.38 bits per heavy atom. The van der Waals surface area contributed by atoms with E-state index in [-0.39, 0.29) is 0 Å². The highest BCUT2D eigenvalue weighted by Gasteiger charge is 2.15. The van der Waals surface area contributed by atoms with Crippen LogP contribution in [0.2, 0.25) is 5.02 Å². The van der Waals surface area contributed by atoms with Crippen molar-refractivity contribution in [2.75, 3.05) is 7.11 Å². The van der Waals surface area contributed by atoms with Crippen LogP contribution in [-0.2, 0) is 0 Å². The van der Waals surface area contributed by atoms with Crippen molar-refractivity contribution in [1.82, 2.24) is 0 Å². The molecule has 2 aromatic rings. The molecular weight excluding hydrogens is 244 g/mol. The van der Waals surface area contributed by atoms with Gasteiger partial charge in [0.05, 0.1) is 7.11 Å². The first-order chi connectivity index (χ1) is 7.72. The van der Waals surface area contributed by atoms with Gasteiger partial charge < -0.3 is 9.84 Å². The van der Waals surface area contributed by atoms with Gasteiger partial charge in [-0.15, -0.1) is 0 Å². The molecule has 1 atom stereocenters. The maximum Gasteiger partial charge on any atom is 0.126 e. The molecule has 1 heterocycles. The van der Waals surface area contributed by atoms with Crippen LogP contribution in [0.25, 0.3) is 0 Å². The van der Waals surface area contributed by atoms with Crippen molar-refractivity contribution in [1.29, 1.82) is 0 Å². The second kappa shape index (κ2) is 4.87. The number of aliphatic hydroxyl groups is 1. The standard InChI is InChI=1S/C12H11ClO2S/c1-15-11-6-9(13)2-3-10(11)12(14)8-4-5-16-7-8/h2-7,12,14H,1H3. The van der Waals surface area contributed by atoms with Gasteiger partial charge in [-0.3, -0.25) is 0 Å². The third kappa shape index (κ3) is 2.21. The highest BCUT2D eigenvalue weighted by molar-refractivity contribution is 7.07. The van der Waals surface area contributed by atoms with Gasteiger partial charge in [0.1, 0.15) is 11.9 Å². The Labute approximate surface area is 103 Å². The summed E-state index contributed by atoms with van der Waals surface area (Å²) >= 11 is 7.42. The molecule has 1 aromatic carbocycles. The molecule has 0 fully saturated rings. The van der Waals surface area contributed by atoms with E-state index in [1.165, 1.54) is 0 Å². The van der Waals surface area contributed by atoms with E-state index in [1.807, 2.05) is 16.8 Å². The molecule has 0 saturated heterocycles. The lowest BCUT2D eigenvalue weighted by Crippen LogP contribution is -2.01. The van der Waals surface area contributed by atoms with Crippen molar-refractivity contribution >= 4 is 22.9 Å². The van der Waals surface area contributed by atoms with Crippen LogP contribution in [0.5, 0.6) is 5.75 Å². The molecule has 0 aliphatic carbocycles. The van der Waals surface area contributed by atoms with E-state index >= 15 is 0 Å². The molecule has 1 aromatic heterocycles. The third-order valence-corrected chi connectivity index (χ3v) is 3.29. The number of methoxy groups -OCH3 is 1. The van der Waals surface area contributed by atoms with Gasteiger partial charge in [0.15, 0.2) is 0 Å². The zero-order valence-electron chi connectivity index (χ0n) is 8.68. The zero-order valence-corrected chi connectivity index (χ0v) is 10.3. The van der Waals surface area contributed by atoms with Crippen molar-refractivity contribution in [2.24, 2.45) is 0 Å². The molecule has 0 radical (unpaired) electrons. The van der Waals surface area contributed by atoms with E-state index in [1.54, 1.807) is 36.6 Å². The summed E-state index contributed by atoms with van der Waals surface area (Å²) < 4.78 is 5.20. The first-order valence-electron chi connectivity index (χ1n) is 4.76. The monoisotopic (exact) mass is 254 g/mol. The molecule has 0 aliphatic rings. The average molecular weight is 255 g/mol. The number of hydrogen-bond donors (Lipinski definition) is 1. The highest BCUT2D eigenvalue weighted by Crippen LogP contribution is 2.32. The summed E-state index contributed by atoms with van der Waals surface area (Å²) in [7, 11) is 1.56. The topological polar surface area (TPSA) is 29.5 Å². The van der Waals surface area contributed by atoms with Gasteiger partial charge in [-0.05, 0) is 34.5 Å². The van der Waals surface area contributed by atoms with Gasteiger partial charge in [-0.2, -0.15) is 11.3 Å². The summed E-state index contributed by atoms with van der Waals surface area (Å²) in [6.07, 6.45) is -0.668. The van der Waals surface area contributed by atoms with Gasteiger partial charge in [0.2, 0.25) is 0 Å². The summed E-state index contributed by atoms with van der Waals surface area (Å²) in [4.78, 5) is 0. The van der Waals surface area contributed by atoms with Crippen molar-refractivity contribution in [3.8, 4) is 5.75 Å². The molecule has 84 valence electrons. The highest BCUT2D eigenvalue weighted by atomic mass is 35.5. The van der Waals surface area contributed by atoms with Crippen molar-refractivity contribution < 1.29 is 9.84 Å². The molecule has 2 nitrogen and oxygen atoms in total. The normalized spacial score (nSPS) is 12.4. The Morgan fingerprint density at radius 3 is 2.81 bits per heavy atom. The van der Waals surface area contributed by atoms with E-state index < -0.39 is 6.10 Å². The number of aliphatic hydroxyl groups excluding tert-OH is 1. The molecule has 2 rings (SSSR count). The second-order valence-electron chi connectivity index (χ2n) is 3.35. The number of thiophene rings is 1. The smallest absolute Gasteiger partial charge is 0.126 e. The molecule has 16 heavy (non-hydrogen) atoms. The molecule has 0 spiro atoms. The van der Waals surface area contributed by atoms with E-state index in [0.29, 0.717) is 10.8 Å². The Kier molecular flexibility index (Phi) is 3.49. The fraction of sp³-hybridized carbons (Fsp3) is 0.167. The number of rotatable bonds is 3. The lowest BCUT2D eigenvalue weighted by atomic mass is 10.0. The van der Waals surface area contributed by atoms with Crippen LogP contribution in [0.3, 0.4) is 0 Å². The van der Waals surface area contributed by atoms with Crippen LogP contribution in [0.1, 0.15) is 17.2 Å².